The maximum atomic E-state index is 11.3. The van der Waals surface area contributed by atoms with Gasteiger partial charge in [0.1, 0.15) is 0 Å². The Kier molecular flexibility index (Phi) is 6.47. The summed E-state index contributed by atoms with van der Waals surface area (Å²) in [4.78, 5) is 12.8. The van der Waals surface area contributed by atoms with Crippen LogP contribution in [0.15, 0.2) is 0 Å². The van der Waals surface area contributed by atoms with Crippen LogP contribution in [0.3, 0.4) is 0 Å². The number of amides is 2. The van der Waals surface area contributed by atoms with Crippen LogP contribution in [0.25, 0.3) is 0 Å². The second kappa shape index (κ2) is 7.14. The summed E-state index contributed by atoms with van der Waals surface area (Å²) in [5.74, 6) is 0.0799. The number of carbonyl (C=O) groups is 1. The molecule has 0 aliphatic rings. The van der Waals surface area contributed by atoms with Gasteiger partial charge in [0.2, 0.25) is 0 Å². The summed E-state index contributed by atoms with van der Waals surface area (Å²) >= 11 is 0. The lowest BCUT2D eigenvalue weighted by molar-refractivity contribution is 0.151. The lowest BCUT2D eigenvalue weighted by atomic mass is 10.3. The highest BCUT2D eigenvalue weighted by atomic mass is 16.5. The Morgan fingerprint density at radius 3 is 2.64 bits per heavy atom. The first-order chi connectivity index (χ1) is 6.61. The minimum atomic E-state index is -0.177. The molecular formula is C8H18N4O2. The van der Waals surface area contributed by atoms with E-state index in [-0.39, 0.29) is 11.9 Å². The van der Waals surface area contributed by atoms with Crippen LogP contribution in [0.5, 0.6) is 0 Å². The minimum Gasteiger partial charge on any atom is -0.388 e. The van der Waals surface area contributed by atoms with Crippen molar-refractivity contribution in [3.8, 4) is 0 Å². The molecule has 0 aromatic rings. The number of nitrogens with one attached hydrogen (secondary N) is 2. The Bertz CT molecular complexity index is 196. The van der Waals surface area contributed by atoms with E-state index in [9.17, 15) is 4.79 Å². The van der Waals surface area contributed by atoms with Crippen LogP contribution < -0.4 is 11.1 Å². The van der Waals surface area contributed by atoms with Gasteiger partial charge in [-0.15, -0.1) is 0 Å². The monoisotopic (exact) mass is 202 g/mol. The number of nitrogens with zero attached hydrogens (tertiary/aromatic N) is 1. The average Bonchev–Trinajstić information content (AvgIpc) is 2.16. The number of ether oxygens (including phenoxy) is 1. The van der Waals surface area contributed by atoms with E-state index in [1.54, 1.807) is 19.1 Å². The second-order valence-corrected chi connectivity index (χ2v) is 2.81. The van der Waals surface area contributed by atoms with Gasteiger partial charge < -0.3 is 20.7 Å². The normalized spacial score (nSPS) is 9.57. The first kappa shape index (κ1) is 12.7. The molecule has 0 fully saturated rings. The van der Waals surface area contributed by atoms with Crippen LogP contribution in [0.2, 0.25) is 0 Å². The molecule has 6 nitrogen and oxygen atoms in total. The van der Waals surface area contributed by atoms with Crippen molar-refractivity contribution < 1.29 is 9.53 Å². The van der Waals surface area contributed by atoms with E-state index >= 15 is 0 Å². The molecule has 0 saturated heterocycles. The Morgan fingerprint density at radius 2 is 2.21 bits per heavy atom. The molecule has 0 bridgehead atoms. The molecule has 0 aromatic heterocycles. The molecule has 2 amide bonds. The van der Waals surface area contributed by atoms with Crippen molar-refractivity contribution in [1.82, 2.24) is 10.2 Å². The van der Waals surface area contributed by atoms with Crippen LogP contribution in [-0.4, -0.2) is 50.6 Å². The molecular weight excluding hydrogens is 184 g/mol. The predicted molar refractivity (Wildman–Crippen MR) is 54.4 cm³/mol. The minimum absolute atomic E-state index is 0.0799. The van der Waals surface area contributed by atoms with E-state index < -0.39 is 0 Å². The lowest BCUT2D eigenvalue weighted by Gasteiger charge is -2.21. The number of nitrogens with two attached hydrogens (primary N) is 1. The zero-order chi connectivity index (χ0) is 11.0. The van der Waals surface area contributed by atoms with Gasteiger partial charge in [-0.2, -0.15) is 0 Å². The van der Waals surface area contributed by atoms with E-state index in [2.05, 4.69) is 5.32 Å². The van der Waals surface area contributed by atoms with Crippen molar-refractivity contribution in [2.45, 2.75) is 6.42 Å². The van der Waals surface area contributed by atoms with Crippen molar-refractivity contribution in [3.05, 3.63) is 0 Å². The van der Waals surface area contributed by atoms with E-state index in [1.807, 2.05) is 0 Å². The summed E-state index contributed by atoms with van der Waals surface area (Å²) in [5.41, 5.74) is 5.20. The van der Waals surface area contributed by atoms with Gasteiger partial charge in [-0.3, -0.25) is 5.41 Å². The Hall–Kier alpha value is -1.30. The summed E-state index contributed by atoms with van der Waals surface area (Å²) in [6.45, 7) is 1.42. The molecule has 0 saturated carbocycles. The molecule has 0 heterocycles. The van der Waals surface area contributed by atoms with E-state index in [0.717, 1.165) is 0 Å². The molecule has 0 aromatic carbocycles. The Morgan fingerprint density at radius 1 is 1.57 bits per heavy atom. The van der Waals surface area contributed by atoms with E-state index in [4.69, 9.17) is 15.9 Å². The molecule has 14 heavy (non-hydrogen) atoms. The highest BCUT2D eigenvalue weighted by Crippen LogP contribution is 1.92. The third kappa shape index (κ3) is 5.36. The smallest absolute Gasteiger partial charge is 0.317 e. The van der Waals surface area contributed by atoms with Gasteiger partial charge >= 0.3 is 6.03 Å². The maximum absolute atomic E-state index is 11.3. The van der Waals surface area contributed by atoms with Crippen molar-refractivity contribution in [3.63, 3.8) is 0 Å². The van der Waals surface area contributed by atoms with Crippen molar-refractivity contribution in [2.24, 2.45) is 5.73 Å². The summed E-state index contributed by atoms with van der Waals surface area (Å²) in [6, 6.07) is -0.177. The SMILES string of the molecule is CNC(=O)N(CCOC)CCC(=N)N. The van der Waals surface area contributed by atoms with Crippen LogP contribution in [0.4, 0.5) is 4.79 Å². The first-order valence-corrected chi connectivity index (χ1v) is 4.40. The van der Waals surface area contributed by atoms with Gasteiger partial charge in [0, 0.05) is 33.7 Å². The number of amidine groups is 1. The predicted octanol–water partition coefficient (Wildman–Crippen LogP) is -0.400. The van der Waals surface area contributed by atoms with E-state index in [0.29, 0.717) is 26.1 Å². The summed E-state index contributed by atoms with van der Waals surface area (Å²) in [5, 5.41) is 9.57. The van der Waals surface area contributed by atoms with Gasteiger partial charge in [0.25, 0.3) is 0 Å². The van der Waals surface area contributed by atoms with Gasteiger partial charge in [-0.25, -0.2) is 4.79 Å². The van der Waals surface area contributed by atoms with Crippen LogP contribution in [-0.2, 0) is 4.74 Å². The lowest BCUT2D eigenvalue weighted by Crippen LogP contribution is -2.41. The van der Waals surface area contributed by atoms with Crippen molar-refractivity contribution >= 4 is 11.9 Å². The van der Waals surface area contributed by atoms with Crippen LogP contribution in [0, 0.1) is 5.41 Å². The Balaban J connectivity index is 3.96. The number of methoxy groups -OCH3 is 1. The van der Waals surface area contributed by atoms with Gasteiger partial charge in [0.05, 0.1) is 12.4 Å². The Labute approximate surface area is 83.9 Å². The number of carbonyl (C=O) groups excluding carboxylic acids is 1. The molecule has 4 N–H and O–H groups in total. The quantitative estimate of drug-likeness (QED) is 0.404. The molecule has 0 atom stereocenters. The number of hydrogen-bond donors (Lipinski definition) is 3. The zero-order valence-electron chi connectivity index (χ0n) is 8.67. The van der Waals surface area contributed by atoms with Gasteiger partial charge in [-0.1, -0.05) is 0 Å². The molecule has 0 spiro atoms. The summed E-state index contributed by atoms with van der Waals surface area (Å²) < 4.78 is 4.87. The van der Waals surface area contributed by atoms with Crippen molar-refractivity contribution in [2.75, 3.05) is 33.9 Å². The third-order valence-electron chi connectivity index (χ3n) is 1.72. The van der Waals surface area contributed by atoms with Crippen LogP contribution in [0.1, 0.15) is 6.42 Å². The second-order valence-electron chi connectivity index (χ2n) is 2.81. The highest BCUT2D eigenvalue weighted by Gasteiger charge is 2.10. The molecule has 0 aliphatic heterocycles. The fourth-order valence-electron chi connectivity index (χ4n) is 0.930. The maximum Gasteiger partial charge on any atom is 0.317 e. The molecule has 82 valence electrons. The standard InChI is InChI=1S/C8H18N4O2/c1-11-8(13)12(5-6-14-2)4-3-7(9)10/h3-6H2,1-2H3,(H3,9,10)(H,11,13). The summed E-state index contributed by atoms with van der Waals surface area (Å²) in [6.07, 6.45) is 0.386. The number of rotatable bonds is 6. The highest BCUT2D eigenvalue weighted by molar-refractivity contribution is 5.78. The van der Waals surface area contributed by atoms with Gasteiger partial charge in [-0.05, 0) is 0 Å². The van der Waals surface area contributed by atoms with Crippen LogP contribution >= 0.6 is 0 Å². The fourth-order valence-corrected chi connectivity index (χ4v) is 0.930. The number of urea groups is 1. The van der Waals surface area contributed by atoms with E-state index in [1.165, 1.54) is 0 Å². The number of hydrogen-bond acceptors (Lipinski definition) is 3. The first-order valence-electron chi connectivity index (χ1n) is 4.40. The topological polar surface area (TPSA) is 91.4 Å². The molecule has 0 rings (SSSR count). The molecule has 0 radical (unpaired) electrons. The van der Waals surface area contributed by atoms with Gasteiger partial charge in [0.15, 0.2) is 0 Å². The summed E-state index contributed by atoms with van der Waals surface area (Å²) in [7, 11) is 3.14. The zero-order valence-corrected chi connectivity index (χ0v) is 8.67. The third-order valence-corrected chi connectivity index (χ3v) is 1.72. The largest absolute Gasteiger partial charge is 0.388 e. The fraction of sp³-hybridized carbons (Fsp3) is 0.750. The molecule has 0 unspecified atom stereocenters. The van der Waals surface area contributed by atoms with Crippen molar-refractivity contribution in [1.29, 1.82) is 5.41 Å². The average molecular weight is 202 g/mol. The molecule has 0 aliphatic carbocycles. The molecule has 6 heteroatoms.